The fraction of sp³-hybridized carbons (Fsp3) is 0.263. The molecule has 1 aromatic carbocycles. The molecular formula is C19H21N5OS. The number of aromatic nitrogens is 3. The van der Waals surface area contributed by atoms with Crippen molar-refractivity contribution in [2.75, 3.05) is 12.4 Å². The maximum atomic E-state index is 12.3. The maximum absolute atomic E-state index is 12.3. The molecule has 0 atom stereocenters. The van der Waals surface area contributed by atoms with E-state index >= 15 is 0 Å². The van der Waals surface area contributed by atoms with Crippen LogP contribution in [0, 0.1) is 13.8 Å². The van der Waals surface area contributed by atoms with Crippen LogP contribution in [0.5, 0.6) is 0 Å². The molecule has 0 saturated carbocycles. The third kappa shape index (κ3) is 4.71. The summed E-state index contributed by atoms with van der Waals surface area (Å²) in [5, 5.41) is 6.91. The summed E-state index contributed by atoms with van der Waals surface area (Å²) in [5.41, 5.74) is 4.47. The van der Waals surface area contributed by atoms with Gasteiger partial charge in [-0.3, -0.25) is 14.7 Å². The van der Waals surface area contributed by atoms with E-state index in [1.165, 1.54) is 16.4 Å². The van der Waals surface area contributed by atoms with E-state index in [2.05, 4.69) is 31.8 Å². The van der Waals surface area contributed by atoms with Crippen LogP contribution in [0.1, 0.15) is 32.1 Å². The molecule has 0 aliphatic heterocycles. The summed E-state index contributed by atoms with van der Waals surface area (Å²) in [7, 11) is 2.06. The van der Waals surface area contributed by atoms with Gasteiger partial charge in [0.15, 0.2) is 0 Å². The van der Waals surface area contributed by atoms with Crippen molar-refractivity contribution in [3.05, 3.63) is 70.0 Å². The predicted molar refractivity (Wildman–Crippen MR) is 103 cm³/mol. The third-order valence-corrected chi connectivity index (χ3v) is 4.77. The van der Waals surface area contributed by atoms with Crippen LogP contribution in [-0.4, -0.2) is 32.4 Å². The Morgan fingerprint density at radius 3 is 2.58 bits per heavy atom. The van der Waals surface area contributed by atoms with Crippen molar-refractivity contribution in [1.29, 1.82) is 0 Å². The zero-order valence-electron chi connectivity index (χ0n) is 15.1. The summed E-state index contributed by atoms with van der Waals surface area (Å²) < 4.78 is 3.97. The standard InChI is InChI=1S/C19H21N5OS/c1-13-8-17(10-20-9-13)21-19(25)16-6-4-15(5-7-16)11-24(3)12-18-14(2)22-23-26-18/h4-10H,11-12H2,1-3H3,(H,21,25). The van der Waals surface area contributed by atoms with Crippen LogP contribution in [0.3, 0.4) is 0 Å². The minimum Gasteiger partial charge on any atom is -0.321 e. The lowest BCUT2D eigenvalue weighted by Gasteiger charge is -2.16. The smallest absolute Gasteiger partial charge is 0.255 e. The first-order chi connectivity index (χ1) is 12.5. The minimum atomic E-state index is -0.135. The largest absolute Gasteiger partial charge is 0.321 e. The molecule has 6 nitrogen and oxygen atoms in total. The number of carbonyl (C=O) groups excluding carboxylic acids is 1. The van der Waals surface area contributed by atoms with Gasteiger partial charge < -0.3 is 5.32 Å². The van der Waals surface area contributed by atoms with Crippen molar-refractivity contribution >= 4 is 23.1 Å². The number of aryl methyl sites for hydroxylation is 2. The highest BCUT2D eigenvalue weighted by atomic mass is 32.1. The van der Waals surface area contributed by atoms with Crippen LogP contribution in [0.15, 0.2) is 42.7 Å². The van der Waals surface area contributed by atoms with Crippen LogP contribution in [0.25, 0.3) is 0 Å². The van der Waals surface area contributed by atoms with Gasteiger partial charge in [-0.15, -0.1) is 5.10 Å². The van der Waals surface area contributed by atoms with Crippen LogP contribution in [-0.2, 0) is 13.1 Å². The quantitative estimate of drug-likeness (QED) is 0.723. The number of pyridine rings is 1. The molecule has 1 amide bonds. The molecular weight excluding hydrogens is 346 g/mol. The Morgan fingerprint density at radius 1 is 1.15 bits per heavy atom. The topological polar surface area (TPSA) is 71.0 Å². The van der Waals surface area contributed by atoms with E-state index in [-0.39, 0.29) is 5.91 Å². The molecule has 3 rings (SSSR count). The number of rotatable bonds is 6. The van der Waals surface area contributed by atoms with E-state index in [1.54, 1.807) is 12.4 Å². The Bertz CT molecular complexity index is 891. The van der Waals surface area contributed by atoms with Crippen molar-refractivity contribution in [2.45, 2.75) is 26.9 Å². The van der Waals surface area contributed by atoms with E-state index in [0.29, 0.717) is 11.3 Å². The molecule has 0 fully saturated rings. The van der Waals surface area contributed by atoms with Gasteiger partial charge in [0.1, 0.15) is 0 Å². The Kier molecular flexibility index (Phi) is 5.70. The lowest BCUT2D eigenvalue weighted by molar-refractivity contribution is 0.102. The lowest BCUT2D eigenvalue weighted by Crippen LogP contribution is -2.17. The molecule has 0 aliphatic rings. The number of amides is 1. The van der Waals surface area contributed by atoms with E-state index in [4.69, 9.17) is 0 Å². The molecule has 1 N–H and O–H groups in total. The van der Waals surface area contributed by atoms with Crippen LogP contribution in [0.4, 0.5) is 5.69 Å². The number of nitrogens with one attached hydrogen (secondary N) is 1. The Labute approximate surface area is 157 Å². The molecule has 2 heterocycles. The molecule has 0 bridgehead atoms. The second kappa shape index (κ2) is 8.16. The molecule has 0 unspecified atom stereocenters. The molecule has 7 heteroatoms. The van der Waals surface area contributed by atoms with Crippen molar-refractivity contribution in [2.24, 2.45) is 0 Å². The number of anilines is 1. The molecule has 0 radical (unpaired) electrons. The zero-order valence-corrected chi connectivity index (χ0v) is 15.9. The first kappa shape index (κ1) is 18.2. The number of carbonyl (C=O) groups is 1. The van der Waals surface area contributed by atoms with Crippen molar-refractivity contribution in [1.82, 2.24) is 19.5 Å². The Balaban J connectivity index is 1.59. The molecule has 134 valence electrons. The first-order valence-electron chi connectivity index (χ1n) is 8.29. The van der Waals surface area contributed by atoms with Gasteiger partial charge in [0.25, 0.3) is 5.91 Å². The van der Waals surface area contributed by atoms with Crippen molar-refractivity contribution < 1.29 is 4.79 Å². The van der Waals surface area contributed by atoms with Gasteiger partial charge >= 0.3 is 0 Å². The van der Waals surface area contributed by atoms with Gasteiger partial charge in [0, 0.05) is 24.8 Å². The van der Waals surface area contributed by atoms with Crippen LogP contribution >= 0.6 is 11.5 Å². The fourth-order valence-electron chi connectivity index (χ4n) is 2.60. The predicted octanol–water partition coefficient (Wildman–Crippen LogP) is 3.43. The highest BCUT2D eigenvalue weighted by molar-refractivity contribution is 7.05. The Morgan fingerprint density at radius 2 is 1.92 bits per heavy atom. The molecule has 2 aromatic heterocycles. The summed E-state index contributed by atoms with van der Waals surface area (Å²) in [6.07, 6.45) is 3.40. The summed E-state index contributed by atoms with van der Waals surface area (Å²) in [6, 6.07) is 9.56. The van der Waals surface area contributed by atoms with Gasteiger partial charge in [0.2, 0.25) is 0 Å². The summed E-state index contributed by atoms with van der Waals surface area (Å²) in [6.45, 7) is 5.52. The van der Waals surface area contributed by atoms with Crippen LogP contribution in [0.2, 0.25) is 0 Å². The normalized spacial score (nSPS) is 10.9. The summed E-state index contributed by atoms with van der Waals surface area (Å²) >= 11 is 1.44. The minimum absolute atomic E-state index is 0.135. The van der Waals surface area contributed by atoms with Gasteiger partial charge in [-0.05, 0) is 61.8 Å². The second-order valence-corrected chi connectivity index (χ2v) is 7.19. The average molecular weight is 367 g/mol. The van der Waals surface area contributed by atoms with E-state index in [1.807, 2.05) is 44.2 Å². The van der Waals surface area contributed by atoms with Crippen LogP contribution < -0.4 is 5.32 Å². The van der Waals surface area contributed by atoms with Crippen molar-refractivity contribution in [3.63, 3.8) is 0 Å². The maximum Gasteiger partial charge on any atom is 0.255 e. The summed E-state index contributed by atoms with van der Waals surface area (Å²) in [4.78, 5) is 19.8. The van der Waals surface area contributed by atoms with Crippen molar-refractivity contribution in [3.8, 4) is 0 Å². The van der Waals surface area contributed by atoms with E-state index < -0.39 is 0 Å². The number of benzene rings is 1. The third-order valence-electron chi connectivity index (χ3n) is 3.96. The van der Waals surface area contributed by atoms with E-state index in [0.717, 1.165) is 29.9 Å². The SMILES string of the molecule is Cc1cncc(NC(=O)c2ccc(CN(C)Cc3snnc3C)cc2)c1. The van der Waals surface area contributed by atoms with Gasteiger partial charge in [-0.2, -0.15) is 0 Å². The number of hydrogen-bond acceptors (Lipinski definition) is 6. The Hall–Kier alpha value is -2.64. The highest BCUT2D eigenvalue weighted by Gasteiger charge is 2.09. The zero-order chi connectivity index (χ0) is 18.5. The average Bonchev–Trinajstić information content (AvgIpc) is 3.00. The van der Waals surface area contributed by atoms with Gasteiger partial charge in [-0.1, -0.05) is 16.6 Å². The number of hydrogen-bond donors (Lipinski definition) is 1. The molecule has 26 heavy (non-hydrogen) atoms. The molecule has 3 aromatic rings. The van der Waals surface area contributed by atoms with E-state index in [9.17, 15) is 4.79 Å². The first-order valence-corrected chi connectivity index (χ1v) is 9.07. The molecule has 0 saturated heterocycles. The highest BCUT2D eigenvalue weighted by Crippen LogP contribution is 2.15. The second-order valence-electron chi connectivity index (χ2n) is 6.36. The molecule has 0 aliphatic carbocycles. The lowest BCUT2D eigenvalue weighted by atomic mass is 10.1. The van der Waals surface area contributed by atoms with Gasteiger partial charge in [0.05, 0.1) is 22.5 Å². The monoisotopic (exact) mass is 367 g/mol. The number of nitrogens with zero attached hydrogens (tertiary/aromatic N) is 4. The fourth-order valence-corrected chi connectivity index (χ4v) is 3.31. The molecule has 0 spiro atoms. The summed E-state index contributed by atoms with van der Waals surface area (Å²) in [5.74, 6) is -0.135. The van der Waals surface area contributed by atoms with Gasteiger partial charge in [-0.25, -0.2) is 0 Å².